The number of benzene rings is 3. The van der Waals surface area contributed by atoms with Crippen LogP contribution >= 0.6 is 15.9 Å². The van der Waals surface area contributed by atoms with Gasteiger partial charge in [0.05, 0.1) is 12.3 Å². The summed E-state index contributed by atoms with van der Waals surface area (Å²) < 4.78 is 11.1. The zero-order valence-corrected chi connectivity index (χ0v) is 20.2. The maximum absolute atomic E-state index is 12.6. The van der Waals surface area contributed by atoms with Crippen LogP contribution in [0.3, 0.4) is 0 Å². The van der Waals surface area contributed by atoms with Crippen LogP contribution in [0.25, 0.3) is 11.1 Å². The van der Waals surface area contributed by atoms with Crippen LogP contribution in [0.2, 0.25) is 0 Å². The number of halogens is 1. The van der Waals surface area contributed by atoms with Crippen molar-refractivity contribution in [2.45, 2.75) is 5.92 Å². The van der Waals surface area contributed by atoms with E-state index >= 15 is 0 Å². The molecule has 0 radical (unpaired) electrons. The van der Waals surface area contributed by atoms with Gasteiger partial charge in [-0.2, -0.15) is 0 Å². The molecular formula is C26H23BrN2O6. The molecule has 8 nitrogen and oxygen atoms in total. The predicted molar refractivity (Wildman–Crippen MR) is 134 cm³/mol. The molecule has 2 amide bonds. The van der Waals surface area contributed by atoms with Crippen LogP contribution in [0.1, 0.15) is 27.4 Å². The van der Waals surface area contributed by atoms with Gasteiger partial charge >= 0.3 is 12.1 Å². The normalized spacial score (nSPS) is 11.9. The maximum atomic E-state index is 12.6. The Balaban J connectivity index is 1.36. The first-order valence-electron chi connectivity index (χ1n) is 10.9. The minimum atomic E-state index is -1.08. The number of carbonyl (C=O) groups is 3. The first-order valence-corrected chi connectivity index (χ1v) is 11.7. The van der Waals surface area contributed by atoms with Gasteiger partial charge in [-0.3, -0.25) is 10.1 Å². The van der Waals surface area contributed by atoms with E-state index in [9.17, 15) is 14.4 Å². The summed E-state index contributed by atoms with van der Waals surface area (Å²) in [5.41, 5.74) is 5.23. The molecule has 0 spiro atoms. The van der Waals surface area contributed by atoms with E-state index < -0.39 is 18.7 Å². The molecule has 0 fully saturated rings. The molecule has 0 unspecified atom stereocenters. The quantitative estimate of drug-likeness (QED) is 0.342. The second-order valence-electron chi connectivity index (χ2n) is 7.85. The van der Waals surface area contributed by atoms with Crippen molar-refractivity contribution in [1.29, 1.82) is 0 Å². The van der Waals surface area contributed by atoms with Gasteiger partial charge in [-0.25, -0.2) is 9.59 Å². The zero-order chi connectivity index (χ0) is 24.8. The summed E-state index contributed by atoms with van der Waals surface area (Å²) in [6, 6.07) is 21.0. The van der Waals surface area contributed by atoms with E-state index in [0.717, 1.165) is 22.3 Å². The highest BCUT2D eigenvalue weighted by atomic mass is 79.9. The molecule has 1 aliphatic rings. The lowest BCUT2D eigenvalue weighted by molar-refractivity contribution is -0.142. The summed E-state index contributed by atoms with van der Waals surface area (Å²) >= 11 is 3.38. The SMILES string of the molecule is O=C(O)COCCNC(=O)c1ccc(Br)c(NC(=O)OCC2c3ccccc3-c3ccccc32)c1. The number of carboxylic acids is 1. The molecule has 0 atom stereocenters. The van der Waals surface area contributed by atoms with Crippen molar-refractivity contribution >= 4 is 39.6 Å². The Kier molecular flexibility index (Phi) is 7.79. The molecule has 0 bridgehead atoms. The van der Waals surface area contributed by atoms with Gasteiger partial charge in [0.1, 0.15) is 13.2 Å². The van der Waals surface area contributed by atoms with Gasteiger partial charge in [0, 0.05) is 22.5 Å². The topological polar surface area (TPSA) is 114 Å². The number of hydrogen-bond acceptors (Lipinski definition) is 5. The standard InChI is InChI=1S/C26H23BrN2O6/c27-22-10-9-16(25(32)28-11-12-34-15-24(30)31)13-23(22)29-26(33)35-14-21-19-7-3-1-5-17(19)18-6-2-4-8-20(18)21/h1-10,13,21H,11-12,14-15H2,(H,28,32)(H,29,33)(H,30,31). The highest BCUT2D eigenvalue weighted by molar-refractivity contribution is 9.10. The van der Waals surface area contributed by atoms with Crippen LogP contribution < -0.4 is 10.6 Å². The van der Waals surface area contributed by atoms with Crippen LogP contribution in [0.15, 0.2) is 71.2 Å². The van der Waals surface area contributed by atoms with E-state index in [1.165, 1.54) is 6.07 Å². The van der Waals surface area contributed by atoms with Crippen molar-refractivity contribution < 1.29 is 29.0 Å². The minimum absolute atomic E-state index is 0.0583. The second-order valence-corrected chi connectivity index (χ2v) is 8.70. The van der Waals surface area contributed by atoms with Crippen molar-refractivity contribution in [1.82, 2.24) is 5.32 Å². The summed E-state index contributed by atoms with van der Waals surface area (Å²) in [5, 5.41) is 13.9. The Hall–Kier alpha value is -3.69. The van der Waals surface area contributed by atoms with Gasteiger partial charge in [0.2, 0.25) is 0 Å². The Morgan fingerprint density at radius 1 is 0.943 bits per heavy atom. The monoisotopic (exact) mass is 538 g/mol. The van der Waals surface area contributed by atoms with Crippen LogP contribution in [-0.4, -0.2) is 49.4 Å². The van der Waals surface area contributed by atoms with Crippen molar-refractivity contribution in [3.8, 4) is 11.1 Å². The van der Waals surface area contributed by atoms with Gasteiger partial charge in [-0.15, -0.1) is 0 Å². The number of aliphatic carboxylic acids is 1. The van der Waals surface area contributed by atoms with Gasteiger partial charge in [-0.05, 0) is 56.4 Å². The lowest BCUT2D eigenvalue weighted by atomic mass is 9.98. The molecule has 0 aromatic heterocycles. The van der Waals surface area contributed by atoms with Crippen LogP contribution in [0.4, 0.5) is 10.5 Å². The maximum Gasteiger partial charge on any atom is 0.411 e. The van der Waals surface area contributed by atoms with Crippen molar-refractivity contribution in [3.05, 3.63) is 87.9 Å². The molecule has 3 N–H and O–H groups in total. The summed E-state index contributed by atoms with van der Waals surface area (Å²) in [6.07, 6.45) is -0.632. The molecule has 180 valence electrons. The molecule has 4 rings (SSSR count). The van der Waals surface area contributed by atoms with Gasteiger partial charge in [-0.1, -0.05) is 48.5 Å². The summed E-state index contributed by atoms with van der Waals surface area (Å²) in [5.74, 6) is -1.52. The number of ether oxygens (including phenoxy) is 2. The zero-order valence-electron chi connectivity index (χ0n) is 18.6. The third-order valence-electron chi connectivity index (χ3n) is 5.57. The van der Waals surface area contributed by atoms with Gasteiger partial charge in [0.15, 0.2) is 0 Å². The van der Waals surface area contributed by atoms with E-state index in [-0.39, 0.29) is 31.6 Å². The number of hydrogen-bond donors (Lipinski definition) is 3. The van der Waals surface area contributed by atoms with Gasteiger partial charge < -0.3 is 19.9 Å². The molecule has 0 saturated heterocycles. The lowest BCUT2D eigenvalue weighted by Crippen LogP contribution is -2.28. The molecule has 1 aliphatic carbocycles. The molecule has 35 heavy (non-hydrogen) atoms. The molecule has 0 heterocycles. The number of fused-ring (bicyclic) bond motifs is 3. The number of rotatable bonds is 9. The van der Waals surface area contributed by atoms with Crippen LogP contribution in [-0.2, 0) is 14.3 Å². The molecule has 0 saturated carbocycles. The third kappa shape index (κ3) is 5.87. The number of carbonyl (C=O) groups excluding carboxylic acids is 2. The number of anilines is 1. The number of amides is 2. The van der Waals surface area contributed by atoms with Crippen molar-refractivity contribution in [2.75, 3.05) is 31.7 Å². The fraction of sp³-hybridized carbons (Fsp3) is 0.192. The van der Waals surface area contributed by atoms with Crippen LogP contribution in [0.5, 0.6) is 0 Å². The molecule has 0 aliphatic heterocycles. The molecule has 9 heteroatoms. The smallest absolute Gasteiger partial charge is 0.411 e. The summed E-state index contributed by atoms with van der Waals surface area (Å²) in [4.78, 5) is 35.4. The summed E-state index contributed by atoms with van der Waals surface area (Å²) in [7, 11) is 0. The van der Waals surface area contributed by atoms with E-state index in [1.54, 1.807) is 12.1 Å². The average Bonchev–Trinajstić information content (AvgIpc) is 3.17. The largest absolute Gasteiger partial charge is 0.480 e. The van der Waals surface area contributed by atoms with Crippen molar-refractivity contribution in [3.63, 3.8) is 0 Å². The number of carboxylic acid groups (broad SMARTS) is 1. The van der Waals surface area contributed by atoms with Crippen molar-refractivity contribution in [2.24, 2.45) is 0 Å². The fourth-order valence-corrected chi connectivity index (χ4v) is 4.35. The van der Waals surface area contributed by atoms with Crippen LogP contribution in [0, 0.1) is 0 Å². The Morgan fingerprint density at radius 3 is 2.26 bits per heavy atom. The highest BCUT2D eigenvalue weighted by Gasteiger charge is 2.29. The third-order valence-corrected chi connectivity index (χ3v) is 6.26. The van der Waals surface area contributed by atoms with E-state index in [4.69, 9.17) is 14.6 Å². The Bertz CT molecular complexity index is 1220. The summed E-state index contributed by atoms with van der Waals surface area (Å²) in [6.45, 7) is -0.0346. The Labute approximate surface area is 210 Å². The Morgan fingerprint density at radius 2 is 1.60 bits per heavy atom. The average molecular weight is 539 g/mol. The fourth-order valence-electron chi connectivity index (χ4n) is 4.01. The molecular weight excluding hydrogens is 516 g/mol. The second kappa shape index (κ2) is 11.2. The van der Waals surface area contributed by atoms with Gasteiger partial charge in [0.25, 0.3) is 5.91 Å². The molecule has 3 aromatic rings. The number of nitrogens with one attached hydrogen (secondary N) is 2. The van der Waals surface area contributed by atoms with E-state index in [0.29, 0.717) is 15.7 Å². The highest BCUT2D eigenvalue weighted by Crippen LogP contribution is 2.44. The first-order chi connectivity index (χ1) is 16.9. The van der Waals surface area contributed by atoms with E-state index in [1.807, 2.05) is 36.4 Å². The molecule has 3 aromatic carbocycles. The first kappa shape index (κ1) is 24.4. The lowest BCUT2D eigenvalue weighted by Gasteiger charge is -2.15. The minimum Gasteiger partial charge on any atom is -0.480 e. The predicted octanol–water partition coefficient (Wildman–Crippen LogP) is 4.64. The van der Waals surface area contributed by atoms with E-state index in [2.05, 4.69) is 38.7 Å².